The van der Waals surface area contributed by atoms with Crippen molar-refractivity contribution < 1.29 is 0 Å². The number of aromatic nitrogens is 2. The van der Waals surface area contributed by atoms with Crippen LogP contribution in [-0.4, -0.2) is 9.13 Å². The van der Waals surface area contributed by atoms with Gasteiger partial charge in [-0.15, -0.1) is 0 Å². The minimum Gasteiger partial charge on any atom is -0.309 e. The standard InChI is InChI=1S/C64H38N2/c1-3-13-39(14-4-1)45-27-31-57-55(35-45)63-51-23-11-21-49-54-38-60-64(56-36-46(40-15-5-2-6-16-40)28-32-58(56)66(60)48-30-26-42-18-8-10-20-44(42)34-48)52-24-12-22-50(62(52)54)53(61(49)51)37-59(63)65(57)47-29-25-41-17-7-9-19-43(41)33-47/h1-38H. The van der Waals surface area contributed by atoms with Crippen molar-refractivity contribution in [2.45, 2.75) is 0 Å². The molecule has 0 aliphatic carbocycles. The molecule has 2 heterocycles. The molecule has 13 aromatic carbocycles. The molecule has 2 aromatic heterocycles. The van der Waals surface area contributed by atoms with Crippen molar-refractivity contribution >= 4 is 108 Å². The highest BCUT2D eigenvalue weighted by Gasteiger charge is 2.24. The summed E-state index contributed by atoms with van der Waals surface area (Å²) in [6.45, 7) is 0. The lowest BCUT2D eigenvalue weighted by Crippen LogP contribution is -1.95. The van der Waals surface area contributed by atoms with Crippen LogP contribution < -0.4 is 0 Å². The Hall–Kier alpha value is -8.72. The summed E-state index contributed by atoms with van der Waals surface area (Å²) in [7, 11) is 0. The van der Waals surface area contributed by atoms with E-state index in [1.54, 1.807) is 0 Å². The van der Waals surface area contributed by atoms with E-state index >= 15 is 0 Å². The van der Waals surface area contributed by atoms with E-state index in [0.717, 1.165) is 11.4 Å². The topological polar surface area (TPSA) is 9.86 Å². The van der Waals surface area contributed by atoms with Gasteiger partial charge in [0.05, 0.1) is 22.1 Å². The van der Waals surface area contributed by atoms with Gasteiger partial charge >= 0.3 is 0 Å². The van der Waals surface area contributed by atoms with E-state index in [4.69, 9.17) is 0 Å². The van der Waals surface area contributed by atoms with Crippen LogP contribution in [0.15, 0.2) is 231 Å². The van der Waals surface area contributed by atoms with Crippen molar-refractivity contribution in [1.82, 2.24) is 9.13 Å². The van der Waals surface area contributed by atoms with E-state index in [1.165, 1.54) is 131 Å². The molecule has 0 unspecified atom stereocenters. The van der Waals surface area contributed by atoms with E-state index in [1.807, 2.05) is 0 Å². The van der Waals surface area contributed by atoms with Gasteiger partial charge in [-0.3, -0.25) is 0 Å². The third-order valence-electron chi connectivity index (χ3n) is 14.6. The monoisotopic (exact) mass is 834 g/mol. The lowest BCUT2D eigenvalue weighted by Gasteiger charge is -2.17. The van der Waals surface area contributed by atoms with Crippen LogP contribution in [-0.2, 0) is 0 Å². The van der Waals surface area contributed by atoms with Crippen LogP contribution >= 0.6 is 0 Å². The first-order chi connectivity index (χ1) is 32.7. The number of benzene rings is 13. The molecular formula is C64H38N2. The van der Waals surface area contributed by atoms with Crippen LogP contribution in [0.3, 0.4) is 0 Å². The second kappa shape index (κ2) is 13.4. The van der Waals surface area contributed by atoms with Crippen molar-refractivity contribution in [2.24, 2.45) is 0 Å². The maximum absolute atomic E-state index is 2.51. The van der Waals surface area contributed by atoms with Gasteiger partial charge in [-0.2, -0.15) is 0 Å². The van der Waals surface area contributed by atoms with Crippen LogP contribution in [0, 0.1) is 0 Å². The smallest absolute Gasteiger partial charge is 0.0553 e. The summed E-state index contributed by atoms with van der Waals surface area (Å²) in [5.74, 6) is 0. The first kappa shape index (κ1) is 35.7. The Morgan fingerprint density at radius 3 is 1.06 bits per heavy atom. The molecule has 0 aliphatic heterocycles. The second-order valence-corrected chi connectivity index (χ2v) is 18.0. The van der Waals surface area contributed by atoms with Crippen LogP contribution in [0.5, 0.6) is 0 Å². The summed E-state index contributed by atoms with van der Waals surface area (Å²) in [5, 5.41) is 20.3. The average Bonchev–Trinajstić information content (AvgIpc) is 3.90. The molecule has 0 spiro atoms. The quantitative estimate of drug-likeness (QED) is 0.123. The van der Waals surface area contributed by atoms with Gasteiger partial charge in [0.1, 0.15) is 0 Å². The van der Waals surface area contributed by atoms with Gasteiger partial charge in [0.2, 0.25) is 0 Å². The maximum atomic E-state index is 2.51. The van der Waals surface area contributed by atoms with Gasteiger partial charge in [-0.1, -0.05) is 170 Å². The average molecular weight is 835 g/mol. The molecule has 0 saturated heterocycles. The Labute approximate surface area is 379 Å². The molecule has 2 nitrogen and oxygen atoms in total. The molecule has 0 aliphatic rings. The highest BCUT2D eigenvalue weighted by atomic mass is 15.0. The fourth-order valence-corrected chi connectivity index (χ4v) is 11.7. The predicted octanol–water partition coefficient (Wildman–Crippen LogP) is 17.6. The molecule has 15 aromatic rings. The first-order valence-electron chi connectivity index (χ1n) is 22.9. The van der Waals surface area contributed by atoms with E-state index < -0.39 is 0 Å². The summed E-state index contributed by atoms with van der Waals surface area (Å²) in [6, 6.07) is 86.0. The molecular weight excluding hydrogens is 797 g/mol. The second-order valence-electron chi connectivity index (χ2n) is 18.0. The summed E-state index contributed by atoms with van der Waals surface area (Å²) in [5.41, 5.74) is 12.0. The highest BCUT2D eigenvalue weighted by molar-refractivity contribution is 6.41. The molecule has 304 valence electrons. The normalized spacial score (nSPS) is 12.2. The van der Waals surface area contributed by atoms with Crippen LogP contribution in [0.4, 0.5) is 0 Å². The van der Waals surface area contributed by atoms with Crippen molar-refractivity contribution in [3.63, 3.8) is 0 Å². The van der Waals surface area contributed by atoms with Crippen LogP contribution in [0.25, 0.3) is 142 Å². The zero-order valence-corrected chi connectivity index (χ0v) is 35.8. The van der Waals surface area contributed by atoms with Gasteiger partial charge in [-0.25, -0.2) is 0 Å². The number of hydrogen-bond acceptors (Lipinski definition) is 0. The lowest BCUT2D eigenvalue weighted by molar-refractivity contribution is 1.19. The third-order valence-corrected chi connectivity index (χ3v) is 14.6. The number of rotatable bonds is 4. The Bertz CT molecular complexity index is 4200. The molecule has 0 N–H and O–H groups in total. The highest BCUT2D eigenvalue weighted by Crippen LogP contribution is 2.49. The van der Waals surface area contributed by atoms with Gasteiger partial charge in [0, 0.05) is 32.9 Å². The summed E-state index contributed by atoms with van der Waals surface area (Å²) >= 11 is 0. The van der Waals surface area contributed by atoms with Crippen molar-refractivity contribution in [1.29, 1.82) is 0 Å². The zero-order chi connectivity index (χ0) is 43.0. The Morgan fingerprint density at radius 1 is 0.197 bits per heavy atom. The fraction of sp³-hybridized carbons (Fsp3) is 0. The summed E-state index contributed by atoms with van der Waals surface area (Å²) in [4.78, 5) is 0. The van der Waals surface area contributed by atoms with E-state index in [2.05, 4.69) is 240 Å². The van der Waals surface area contributed by atoms with Crippen LogP contribution in [0.2, 0.25) is 0 Å². The molecule has 15 rings (SSSR count). The number of nitrogens with zero attached hydrogens (tertiary/aromatic N) is 2. The van der Waals surface area contributed by atoms with Gasteiger partial charge in [-0.05, 0) is 148 Å². The third kappa shape index (κ3) is 4.96. The zero-order valence-electron chi connectivity index (χ0n) is 35.8. The number of fused-ring (bicyclic) bond motifs is 12. The van der Waals surface area contributed by atoms with Gasteiger partial charge in [0.15, 0.2) is 0 Å². The lowest BCUT2D eigenvalue weighted by atomic mass is 9.87. The van der Waals surface area contributed by atoms with Gasteiger partial charge in [0.25, 0.3) is 0 Å². The Kier molecular flexibility index (Phi) is 7.25. The molecule has 2 heteroatoms. The minimum atomic E-state index is 1.16. The minimum absolute atomic E-state index is 1.16. The molecule has 0 fully saturated rings. The van der Waals surface area contributed by atoms with Gasteiger partial charge < -0.3 is 9.13 Å². The predicted molar refractivity (Wildman–Crippen MR) is 282 cm³/mol. The molecule has 0 radical (unpaired) electrons. The van der Waals surface area contributed by atoms with E-state index in [-0.39, 0.29) is 0 Å². The molecule has 0 amide bonds. The van der Waals surface area contributed by atoms with Crippen molar-refractivity contribution in [2.75, 3.05) is 0 Å². The number of hydrogen-bond donors (Lipinski definition) is 0. The summed E-state index contributed by atoms with van der Waals surface area (Å²) in [6.07, 6.45) is 0. The van der Waals surface area contributed by atoms with Crippen molar-refractivity contribution in [3.05, 3.63) is 231 Å². The molecule has 66 heavy (non-hydrogen) atoms. The Balaban J connectivity index is 1.11. The SMILES string of the molecule is c1ccc(-c2ccc3c(c2)c2c4cccc5c6cc7c(c8cccc(c(cc2n3-c2ccc3ccccc3c2)c54)c68)c2cc(-c3ccccc3)ccc2n7-c2ccc3ccccc3c2)cc1. The Morgan fingerprint density at radius 2 is 0.606 bits per heavy atom. The molecule has 0 bridgehead atoms. The maximum Gasteiger partial charge on any atom is 0.0553 e. The van der Waals surface area contributed by atoms with E-state index in [0.29, 0.717) is 0 Å². The molecule has 0 saturated carbocycles. The summed E-state index contributed by atoms with van der Waals surface area (Å²) < 4.78 is 5.02. The largest absolute Gasteiger partial charge is 0.309 e. The fourth-order valence-electron chi connectivity index (χ4n) is 11.7. The van der Waals surface area contributed by atoms with Crippen LogP contribution in [0.1, 0.15) is 0 Å². The molecule has 0 atom stereocenters. The van der Waals surface area contributed by atoms with E-state index in [9.17, 15) is 0 Å². The van der Waals surface area contributed by atoms with Crippen molar-refractivity contribution in [3.8, 4) is 33.6 Å². The first-order valence-corrected chi connectivity index (χ1v) is 22.9.